The van der Waals surface area contributed by atoms with Crippen molar-refractivity contribution in [2.45, 2.75) is 12.4 Å². The summed E-state index contributed by atoms with van der Waals surface area (Å²) >= 11 is 3.34. The molecule has 1 fully saturated rings. The lowest BCUT2D eigenvalue weighted by Gasteiger charge is -2.36. The van der Waals surface area contributed by atoms with Crippen LogP contribution >= 0.6 is 40.7 Å². The van der Waals surface area contributed by atoms with Gasteiger partial charge in [-0.15, -0.1) is 38.0 Å². The molecular formula is C19H22BrCl2F3N2O3. The normalized spacial score (nSPS) is 15.5. The van der Waals surface area contributed by atoms with E-state index >= 15 is 0 Å². The summed E-state index contributed by atoms with van der Waals surface area (Å²) in [5.41, 5.74) is 1.67. The number of alkyl halides is 3. The van der Waals surface area contributed by atoms with E-state index in [1.54, 1.807) is 24.3 Å². The van der Waals surface area contributed by atoms with Crippen LogP contribution in [0.4, 0.5) is 13.2 Å². The fourth-order valence-corrected chi connectivity index (χ4v) is 3.77. The molecule has 1 aliphatic rings. The van der Waals surface area contributed by atoms with Crippen molar-refractivity contribution in [3.63, 3.8) is 0 Å². The highest BCUT2D eigenvalue weighted by molar-refractivity contribution is 9.10. The molecule has 2 aromatic rings. The first-order valence-corrected chi connectivity index (χ1v) is 9.44. The number of rotatable bonds is 5. The van der Waals surface area contributed by atoms with Gasteiger partial charge >= 0.3 is 6.36 Å². The molecule has 1 heterocycles. The number of phenolic OH excluding ortho intramolecular Hbond substituents is 1. The Balaban J connectivity index is 0.00000225. The van der Waals surface area contributed by atoms with Crippen LogP contribution in [0, 0.1) is 0 Å². The Labute approximate surface area is 193 Å². The number of hydrogen-bond donors (Lipinski definition) is 2. The Hall–Kier alpha value is -1.39. The van der Waals surface area contributed by atoms with Crippen LogP contribution in [0.15, 0.2) is 40.9 Å². The van der Waals surface area contributed by atoms with Crippen molar-refractivity contribution in [3.8, 4) is 17.2 Å². The molecule has 0 saturated carbocycles. The first-order chi connectivity index (χ1) is 13.3. The largest absolute Gasteiger partial charge is 0.573 e. The number of methoxy groups -OCH3 is 1. The number of piperazine rings is 1. The lowest BCUT2D eigenvalue weighted by atomic mass is 9.96. The van der Waals surface area contributed by atoms with E-state index in [0.29, 0.717) is 10.2 Å². The first kappa shape index (κ1) is 26.6. The van der Waals surface area contributed by atoms with Crippen molar-refractivity contribution < 1.29 is 27.8 Å². The van der Waals surface area contributed by atoms with Gasteiger partial charge in [0.05, 0.1) is 17.6 Å². The third-order valence-corrected chi connectivity index (χ3v) is 5.14. The number of nitrogens with zero attached hydrogens (tertiary/aromatic N) is 1. The molecule has 11 heteroatoms. The summed E-state index contributed by atoms with van der Waals surface area (Å²) < 4.78 is 47.0. The first-order valence-electron chi connectivity index (χ1n) is 8.65. The standard InChI is InChI=1S/C19H20BrF3N2O3.2ClH/c1-27-16-11-13(10-15(20)18(16)26)17(25-8-6-24-7-9-25)12-2-4-14(5-3-12)28-19(21,22)23;;/h2-5,10-11,17,24,26H,6-9H2,1H3;2*1H/t17-;;/m0../s1. The maximum Gasteiger partial charge on any atom is 0.573 e. The van der Waals surface area contributed by atoms with Crippen LogP contribution in [0.2, 0.25) is 0 Å². The van der Waals surface area contributed by atoms with Crippen LogP contribution in [-0.2, 0) is 0 Å². The zero-order valence-electron chi connectivity index (χ0n) is 15.9. The average molecular weight is 534 g/mol. The van der Waals surface area contributed by atoms with E-state index in [-0.39, 0.29) is 42.4 Å². The molecule has 3 rings (SSSR count). The van der Waals surface area contributed by atoms with Crippen LogP contribution in [0.1, 0.15) is 17.2 Å². The van der Waals surface area contributed by atoms with Crippen molar-refractivity contribution >= 4 is 40.7 Å². The zero-order chi connectivity index (χ0) is 20.3. The quantitative estimate of drug-likeness (QED) is 0.572. The monoisotopic (exact) mass is 532 g/mol. The molecule has 168 valence electrons. The molecule has 1 aliphatic heterocycles. The van der Waals surface area contributed by atoms with Gasteiger partial charge in [-0.3, -0.25) is 4.90 Å². The van der Waals surface area contributed by atoms with E-state index in [2.05, 4.69) is 30.9 Å². The molecule has 30 heavy (non-hydrogen) atoms. The third-order valence-electron chi connectivity index (χ3n) is 4.53. The molecule has 0 bridgehead atoms. The van der Waals surface area contributed by atoms with Gasteiger partial charge in [0.1, 0.15) is 5.75 Å². The molecule has 0 aromatic heterocycles. The van der Waals surface area contributed by atoms with E-state index < -0.39 is 6.36 Å². The number of aromatic hydroxyl groups is 1. The Bertz CT molecular complexity index is 820. The van der Waals surface area contributed by atoms with Gasteiger partial charge < -0.3 is 19.9 Å². The molecular weight excluding hydrogens is 512 g/mol. The van der Waals surface area contributed by atoms with Crippen LogP contribution < -0.4 is 14.8 Å². The van der Waals surface area contributed by atoms with Crippen molar-refractivity contribution in [2.75, 3.05) is 33.3 Å². The van der Waals surface area contributed by atoms with Gasteiger partial charge in [0.15, 0.2) is 11.5 Å². The predicted octanol–water partition coefficient (Wildman–Crippen LogP) is 4.90. The van der Waals surface area contributed by atoms with E-state index in [9.17, 15) is 18.3 Å². The molecule has 2 N–H and O–H groups in total. The van der Waals surface area contributed by atoms with E-state index in [0.717, 1.165) is 37.3 Å². The van der Waals surface area contributed by atoms with Gasteiger partial charge in [-0.1, -0.05) is 12.1 Å². The molecule has 0 radical (unpaired) electrons. The van der Waals surface area contributed by atoms with E-state index in [1.165, 1.54) is 19.2 Å². The SMILES string of the molecule is COc1cc([C@H](c2ccc(OC(F)(F)F)cc2)N2CCNCC2)cc(Br)c1O.Cl.Cl. The lowest BCUT2D eigenvalue weighted by Crippen LogP contribution is -2.45. The third kappa shape index (κ3) is 6.55. The van der Waals surface area contributed by atoms with Crippen LogP contribution in [0.3, 0.4) is 0 Å². The Morgan fingerprint density at radius 2 is 1.67 bits per heavy atom. The summed E-state index contributed by atoms with van der Waals surface area (Å²) in [5, 5.41) is 13.4. The molecule has 2 aromatic carbocycles. The molecule has 0 spiro atoms. The highest BCUT2D eigenvalue weighted by Gasteiger charge is 2.31. The summed E-state index contributed by atoms with van der Waals surface area (Å²) in [7, 11) is 1.47. The predicted molar refractivity (Wildman–Crippen MR) is 116 cm³/mol. The second-order valence-corrected chi connectivity index (χ2v) is 7.21. The molecule has 0 amide bonds. The number of halogens is 6. The lowest BCUT2D eigenvalue weighted by molar-refractivity contribution is -0.274. The highest BCUT2D eigenvalue weighted by Crippen LogP contribution is 2.40. The van der Waals surface area contributed by atoms with Crippen LogP contribution in [0.5, 0.6) is 17.2 Å². The summed E-state index contributed by atoms with van der Waals surface area (Å²) in [4.78, 5) is 2.23. The van der Waals surface area contributed by atoms with Gasteiger partial charge in [-0.05, 0) is 51.3 Å². The van der Waals surface area contributed by atoms with E-state index in [1.807, 2.05) is 0 Å². The second kappa shape index (κ2) is 11.3. The topological polar surface area (TPSA) is 54.0 Å². The van der Waals surface area contributed by atoms with Gasteiger partial charge in [0.2, 0.25) is 0 Å². The highest BCUT2D eigenvalue weighted by atomic mass is 79.9. The Morgan fingerprint density at radius 3 is 2.20 bits per heavy atom. The fourth-order valence-electron chi connectivity index (χ4n) is 3.31. The van der Waals surface area contributed by atoms with Crippen LogP contribution in [0.25, 0.3) is 0 Å². The van der Waals surface area contributed by atoms with Gasteiger partial charge in [-0.25, -0.2) is 0 Å². The molecule has 1 atom stereocenters. The average Bonchev–Trinajstić information content (AvgIpc) is 2.65. The minimum Gasteiger partial charge on any atom is -0.503 e. The maximum absolute atomic E-state index is 12.4. The number of phenols is 1. The minimum atomic E-state index is -4.73. The smallest absolute Gasteiger partial charge is 0.503 e. The van der Waals surface area contributed by atoms with Gasteiger partial charge in [-0.2, -0.15) is 0 Å². The summed E-state index contributed by atoms with van der Waals surface area (Å²) in [6, 6.07) is 9.20. The second-order valence-electron chi connectivity index (χ2n) is 6.36. The molecule has 5 nitrogen and oxygen atoms in total. The van der Waals surface area contributed by atoms with Crippen molar-refractivity contribution in [2.24, 2.45) is 0 Å². The summed E-state index contributed by atoms with van der Waals surface area (Å²) in [6.45, 7) is 3.16. The maximum atomic E-state index is 12.4. The van der Waals surface area contributed by atoms with Gasteiger partial charge in [0.25, 0.3) is 0 Å². The number of hydrogen-bond acceptors (Lipinski definition) is 5. The summed E-state index contributed by atoms with van der Waals surface area (Å²) in [6.07, 6.45) is -4.73. The number of ether oxygens (including phenoxy) is 2. The molecule has 1 saturated heterocycles. The minimum absolute atomic E-state index is 0. The van der Waals surface area contributed by atoms with Crippen molar-refractivity contribution in [3.05, 3.63) is 52.0 Å². The summed E-state index contributed by atoms with van der Waals surface area (Å²) in [5.74, 6) is 0.0561. The zero-order valence-corrected chi connectivity index (χ0v) is 19.1. The molecule has 0 aliphatic carbocycles. The van der Waals surface area contributed by atoms with Gasteiger partial charge in [0, 0.05) is 26.2 Å². The van der Waals surface area contributed by atoms with E-state index in [4.69, 9.17) is 4.74 Å². The van der Waals surface area contributed by atoms with Crippen molar-refractivity contribution in [1.82, 2.24) is 10.2 Å². The number of nitrogens with one attached hydrogen (secondary N) is 1. The van der Waals surface area contributed by atoms with Crippen LogP contribution in [-0.4, -0.2) is 49.7 Å². The fraction of sp³-hybridized carbons (Fsp3) is 0.368. The molecule has 0 unspecified atom stereocenters. The van der Waals surface area contributed by atoms with Crippen molar-refractivity contribution in [1.29, 1.82) is 0 Å². The Kier molecular flexibility index (Phi) is 10.0. The Morgan fingerprint density at radius 1 is 1.07 bits per heavy atom. The number of benzene rings is 2.